The number of nitrogens with zero attached hydrogens (tertiary/aromatic N) is 2. The molecular weight excluding hydrogens is 190 g/mol. The van der Waals surface area contributed by atoms with Crippen molar-refractivity contribution in [1.82, 2.24) is 15.3 Å². The van der Waals surface area contributed by atoms with Crippen molar-refractivity contribution in [3.05, 3.63) is 24.3 Å². The molecule has 0 bridgehead atoms. The van der Waals surface area contributed by atoms with E-state index >= 15 is 0 Å². The maximum absolute atomic E-state index is 5.58. The lowest BCUT2D eigenvalue weighted by Gasteiger charge is -2.23. The van der Waals surface area contributed by atoms with Gasteiger partial charge in [0.05, 0.1) is 24.0 Å². The smallest absolute Gasteiger partial charge is 0.0782 e. The molecule has 2 atom stereocenters. The van der Waals surface area contributed by atoms with Crippen LogP contribution in [-0.2, 0) is 4.74 Å². The van der Waals surface area contributed by atoms with Crippen LogP contribution in [-0.4, -0.2) is 29.2 Å². The lowest BCUT2D eigenvalue weighted by molar-refractivity contribution is 0.0465. The molecule has 0 aliphatic carbocycles. The van der Waals surface area contributed by atoms with Crippen molar-refractivity contribution in [2.24, 2.45) is 0 Å². The minimum Gasteiger partial charge on any atom is -0.377 e. The van der Waals surface area contributed by atoms with E-state index < -0.39 is 0 Å². The lowest BCUT2D eigenvalue weighted by Crippen LogP contribution is -2.32. The molecule has 1 rings (SSSR count). The van der Waals surface area contributed by atoms with Crippen molar-refractivity contribution >= 4 is 0 Å². The normalized spacial score (nSPS) is 14.9. The van der Waals surface area contributed by atoms with E-state index in [2.05, 4.69) is 22.2 Å². The third kappa shape index (κ3) is 3.57. The quantitative estimate of drug-likeness (QED) is 0.772. The summed E-state index contributed by atoms with van der Waals surface area (Å²) in [5.74, 6) is 0. The van der Waals surface area contributed by atoms with Gasteiger partial charge < -0.3 is 10.1 Å². The fraction of sp³-hybridized carbons (Fsp3) is 0.636. The lowest BCUT2D eigenvalue weighted by atomic mass is 10.1. The standard InChI is InChI=1S/C11H19N3O/c1-4-13-11(9(3)15-5-2)10-8-12-6-7-14-10/h6-9,11,13H,4-5H2,1-3H3. The van der Waals surface area contributed by atoms with Gasteiger partial charge in [-0.25, -0.2) is 0 Å². The van der Waals surface area contributed by atoms with E-state index in [0.29, 0.717) is 6.61 Å². The Bertz CT molecular complexity index is 266. The Morgan fingerprint density at radius 1 is 1.40 bits per heavy atom. The van der Waals surface area contributed by atoms with Crippen molar-refractivity contribution in [1.29, 1.82) is 0 Å². The first kappa shape index (κ1) is 12.1. The molecule has 0 aliphatic rings. The number of rotatable bonds is 6. The van der Waals surface area contributed by atoms with Crippen molar-refractivity contribution < 1.29 is 4.74 Å². The van der Waals surface area contributed by atoms with Gasteiger partial charge in [-0.15, -0.1) is 0 Å². The zero-order valence-electron chi connectivity index (χ0n) is 9.60. The Hall–Kier alpha value is -1.00. The number of likely N-dealkylation sites (N-methyl/N-ethyl adjacent to an activating group) is 1. The van der Waals surface area contributed by atoms with E-state index in [-0.39, 0.29) is 12.1 Å². The minimum absolute atomic E-state index is 0.103. The van der Waals surface area contributed by atoms with Crippen LogP contribution in [0.5, 0.6) is 0 Å². The average Bonchev–Trinajstić information content (AvgIpc) is 2.27. The van der Waals surface area contributed by atoms with Crippen LogP contribution >= 0.6 is 0 Å². The number of nitrogens with one attached hydrogen (secondary N) is 1. The molecule has 15 heavy (non-hydrogen) atoms. The van der Waals surface area contributed by atoms with Crippen LogP contribution in [0.2, 0.25) is 0 Å². The van der Waals surface area contributed by atoms with Crippen LogP contribution in [0.25, 0.3) is 0 Å². The molecular formula is C11H19N3O. The maximum atomic E-state index is 5.58. The van der Waals surface area contributed by atoms with Crippen LogP contribution in [0.15, 0.2) is 18.6 Å². The molecule has 1 heterocycles. The number of aromatic nitrogens is 2. The summed E-state index contributed by atoms with van der Waals surface area (Å²) in [4.78, 5) is 8.37. The molecule has 0 saturated carbocycles. The number of ether oxygens (including phenoxy) is 1. The van der Waals surface area contributed by atoms with Gasteiger partial charge >= 0.3 is 0 Å². The van der Waals surface area contributed by atoms with Crippen molar-refractivity contribution in [3.8, 4) is 0 Å². The molecule has 0 fully saturated rings. The van der Waals surface area contributed by atoms with Crippen LogP contribution < -0.4 is 5.32 Å². The Labute approximate surface area is 91.1 Å². The summed E-state index contributed by atoms with van der Waals surface area (Å²) in [5, 5.41) is 3.36. The van der Waals surface area contributed by atoms with Crippen molar-refractivity contribution in [2.75, 3.05) is 13.2 Å². The van der Waals surface area contributed by atoms with E-state index in [0.717, 1.165) is 12.2 Å². The molecule has 2 unspecified atom stereocenters. The van der Waals surface area contributed by atoms with Gasteiger partial charge in [0.15, 0.2) is 0 Å². The summed E-state index contributed by atoms with van der Waals surface area (Å²) < 4.78 is 5.58. The molecule has 0 saturated heterocycles. The van der Waals surface area contributed by atoms with Gasteiger partial charge in [0.2, 0.25) is 0 Å². The molecule has 4 nitrogen and oxygen atoms in total. The number of hydrogen-bond acceptors (Lipinski definition) is 4. The van der Waals surface area contributed by atoms with Gasteiger partial charge in [-0.05, 0) is 20.4 Å². The van der Waals surface area contributed by atoms with Crippen LogP contribution in [0.1, 0.15) is 32.5 Å². The molecule has 84 valence electrons. The molecule has 1 N–H and O–H groups in total. The summed E-state index contributed by atoms with van der Waals surface area (Å²) in [6.07, 6.45) is 5.27. The summed E-state index contributed by atoms with van der Waals surface area (Å²) in [7, 11) is 0. The Balaban J connectivity index is 2.73. The molecule has 4 heteroatoms. The Kier molecular flexibility index (Phi) is 5.21. The molecule has 0 aliphatic heterocycles. The summed E-state index contributed by atoms with van der Waals surface area (Å²) >= 11 is 0. The predicted octanol–water partition coefficient (Wildman–Crippen LogP) is 1.55. The maximum Gasteiger partial charge on any atom is 0.0782 e. The van der Waals surface area contributed by atoms with E-state index in [9.17, 15) is 0 Å². The Morgan fingerprint density at radius 3 is 2.73 bits per heavy atom. The van der Waals surface area contributed by atoms with Gasteiger partial charge in [0.1, 0.15) is 0 Å². The third-order valence-electron chi connectivity index (χ3n) is 2.22. The highest BCUT2D eigenvalue weighted by atomic mass is 16.5. The molecule has 0 radical (unpaired) electrons. The van der Waals surface area contributed by atoms with Gasteiger partial charge in [-0.2, -0.15) is 0 Å². The largest absolute Gasteiger partial charge is 0.377 e. The molecule has 0 aromatic carbocycles. The molecule has 1 aromatic rings. The Morgan fingerprint density at radius 2 is 2.20 bits per heavy atom. The van der Waals surface area contributed by atoms with Crippen LogP contribution in [0, 0.1) is 0 Å². The first-order valence-electron chi connectivity index (χ1n) is 5.40. The van der Waals surface area contributed by atoms with E-state index in [4.69, 9.17) is 4.74 Å². The van der Waals surface area contributed by atoms with Gasteiger partial charge in [0, 0.05) is 19.0 Å². The molecule has 1 aromatic heterocycles. The van der Waals surface area contributed by atoms with Crippen LogP contribution in [0.3, 0.4) is 0 Å². The van der Waals surface area contributed by atoms with Gasteiger partial charge in [-0.1, -0.05) is 6.92 Å². The van der Waals surface area contributed by atoms with Crippen LogP contribution in [0.4, 0.5) is 0 Å². The predicted molar refractivity (Wildman–Crippen MR) is 59.5 cm³/mol. The second kappa shape index (κ2) is 6.48. The minimum atomic E-state index is 0.103. The second-order valence-electron chi connectivity index (χ2n) is 3.33. The van der Waals surface area contributed by atoms with Crippen molar-refractivity contribution in [2.45, 2.75) is 32.9 Å². The summed E-state index contributed by atoms with van der Waals surface area (Å²) in [6, 6.07) is 0.114. The summed E-state index contributed by atoms with van der Waals surface area (Å²) in [5.41, 5.74) is 0.931. The third-order valence-corrected chi connectivity index (χ3v) is 2.22. The highest BCUT2D eigenvalue weighted by Crippen LogP contribution is 2.15. The first-order valence-corrected chi connectivity index (χ1v) is 5.40. The monoisotopic (exact) mass is 209 g/mol. The average molecular weight is 209 g/mol. The number of hydrogen-bond donors (Lipinski definition) is 1. The topological polar surface area (TPSA) is 47.0 Å². The first-order chi connectivity index (χ1) is 7.29. The highest BCUT2D eigenvalue weighted by molar-refractivity contribution is 5.04. The van der Waals surface area contributed by atoms with Gasteiger partial charge in [-0.3, -0.25) is 9.97 Å². The second-order valence-corrected chi connectivity index (χ2v) is 3.33. The molecule has 0 spiro atoms. The zero-order valence-corrected chi connectivity index (χ0v) is 9.60. The SMILES string of the molecule is CCNC(c1cnccn1)C(C)OCC. The zero-order chi connectivity index (χ0) is 11.1. The summed E-state index contributed by atoms with van der Waals surface area (Å²) in [6.45, 7) is 7.71. The fourth-order valence-electron chi connectivity index (χ4n) is 1.56. The van der Waals surface area contributed by atoms with E-state index in [1.165, 1.54) is 0 Å². The van der Waals surface area contributed by atoms with Crippen molar-refractivity contribution in [3.63, 3.8) is 0 Å². The van der Waals surface area contributed by atoms with E-state index in [1.807, 2.05) is 13.8 Å². The van der Waals surface area contributed by atoms with Gasteiger partial charge in [0.25, 0.3) is 0 Å². The molecule has 0 amide bonds. The van der Waals surface area contributed by atoms with E-state index in [1.54, 1.807) is 18.6 Å². The highest BCUT2D eigenvalue weighted by Gasteiger charge is 2.19. The fourth-order valence-corrected chi connectivity index (χ4v) is 1.56.